The average molecular weight is 669 g/mol. The summed E-state index contributed by atoms with van der Waals surface area (Å²) in [6.45, 7) is 11.3. The van der Waals surface area contributed by atoms with Gasteiger partial charge in [-0.05, 0) is 60.9 Å². The van der Waals surface area contributed by atoms with Gasteiger partial charge in [0.25, 0.3) is 0 Å². The van der Waals surface area contributed by atoms with E-state index in [2.05, 4.69) is 26.6 Å². The lowest BCUT2D eigenvalue weighted by molar-refractivity contribution is -0.135. The van der Waals surface area contributed by atoms with Gasteiger partial charge in [0, 0.05) is 12.8 Å². The van der Waals surface area contributed by atoms with Gasteiger partial charge in [0.05, 0.1) is 6.04 Å². The number of hydrogen-bond acceptors (Lipinski definition) is 6. The Balaban J connectivity index is 2.40. The quantitative estimate of drug-likeness (QED) is 0.134. The number of benzene rings is 2. The zero-order valence-electron chi connectivity index (χ0n) is 29.1. The first-order valence-electron chi connectivity index (χ1n) is 16.6. The molecule has 2 aromatic carbocycles. The highest BCUT2D eigenvalue weighted by Gasteiger charge is 2.33. The summed E-state index contributed by atoms with van der Waals surface area (Å²) in [6, 6.07) is 9.76. The van der Waals surface area contributed by atoms with Crippen LogP contribution in [0.1, 0.15) is 65.5 Å². The summed E-state index contributed by atoms with van der Waals surface area (Å²) in [5.74, 6) is -3.42. The van der Waals surface area contributed by atoms with Crippen LogP contribution in [0, 0.1) is 23.6 Å². The minimum Gasteiger partial charge on any atom is -0.368 e. The Morgan fingerprint density at radius 1 is 0.604 bits per heavy atom. The van der Waals surface area contributed by atoms with Gasteiger partial charge in [0.1, 0.15) is 30.0 Å². The Kier molecular flexibility index (Phi) is 16.2. The van der Waals surface area contributed by atoms with E-state index in [0.717, 1.165) is 5.56 Å². The number of likely N-dealkylation sites (N-methyl/N-ethyl adjacent to an activating group) is 1. The number of nitrogens with one attached hydrogen (secondary N) is 5. The van der Waals surface area contributed by atoms with Crippen molar-refractivity contribution in [1.82, 2.24) is 26.6 Å². The SMILES string of the molecule is CN[C@@H](CC(C)C)C(=O)N[C@H](C(=O)N[C@@H](Cc1ccc(F)cc1)C(=O)N[C@@H](Cc1ccccc1)C(=O)N[C@@H](CC(C)C)C(N)=O)C(C)C. The summed E-state index contributed by atoms with van der Waals surface area (Å²) < 4.78 is 13.7. The van der Waals surface area contributed by atoms with Crippen LogP contribution < -0.4 is 32.3 Å². The molecule has 7 N–H and O–H groups in total. The van der Waals surface area contributed by atoms with Crippen molar-refractivity contribution in [3.63, 3.8) is 0 Å². The first-order chi connectivity index (χ1) is 22.6. The normalized spacial score (nSPS) is 14.5. The number of carbonyl (C=O) groups excluding carboxylic acids is 5. The van der Waals surface area contributed by atoms with Gasteiger partial charge in [0.15, 0.2) is 0 Å². The molecule has 0 radical (unpaired) electrons. The van der Waals surface area contributed by atoms with Crippen LogP contribution >= 0.6 is 0 Å². The second kappa shape index (κ2) is 19.5. The third-order valence-corrected chi connectivity index (χ3v) is 7.89. The summed E-state index contributed by atoms with van der Waals surface area (Å²) >= 11 is 0. The van der Waals surface area contributed by atoms with Crippen molar-refractivity contribution in [3.8, 4) is 0 Å². The second-order valence-corrected chi connectivity index (χ2v) is 13.4. The molecule has 0 aliphatic rings. The predicted molar refractivity (Wildman–Crippen MR) is 184 cm³/mol. The highest BCUT2D eigenvalue weighted by Crippen LogP contribution is 2.12. The van der Waals surface area contributed by atoms with Gasteiger partial charge in [-0.1, -0.05) is 84.0 Å². The molecule has 0 saturated heterocycles. The average Bonchev–Trinajstić information content (AvgIpc) is 3.02. The molecule has 11 nitrogen and oxygen atoms in total. The molecule has 0 aliphatic carbocycles. The zero-order valence-corrected chi connectivity index (χ0v) is 29.1. The third-order valence-electron chi connectivity index (χ3n) is 7.89. The molecule has 2 rings (SSSR count). The van der Waals surface area contributed by atoms with Crippen LogP contribution in [0.2, 0.25) is 0 Å². The number of amides is 5. The van der Waals surface area contributed by atoms with Gasteiger partial charge in [-0.15, -0.1) is 0 Å². The predicted octanol–water partition coefficient (Wildman–Crippen LogP) is 2.37. The second-order valence-electron chi connectivity index (χ2n) is 13.4. The van der Waals surface area contributed by atoms with Crippen molar-refractivity contribution in [2.75, 3.05) is 7.05 Å². The van der Waals surface area contributed by atoms with Crippen LogP contribution in [-0.4, -0.2) is 66.8 Å². The fourth-order valence-electron chi connectivity index (χ4n) is 5.26. The van der Waals surface area contributed by atoms with E-state index in [0.29, 0.717) is 18.4 Å². The van der Waals surface area contributed by atoms with Crippen LogP contribution in [0.4, 0.5) is 4.39 Å². The number of rotatable bonds is 19. The zero-order chi connectivity index (χ0) is 36.0. The van der Waals surface area contributed by atoms with E-state index >= 15 is 0 Å². The molecular weight excluding hydrogens is 615 g/mol. The van der Waals surface area contributed by atoms with Crippen molar-refractivity contribution in [2.24, 2.45) is 23.5 Å². The van der Waals surface area contributed by atoms with E-state index in [9.17, 15) is 28.4 Å². The molecule has 0 saturated carbocycles. The molecule has 0 aromatic heterocycles. The summed E-state index contributed by atoms with van der Waals surface area (Å²) in [5.41, 5.74) is 6.88. The van der Waals surface area contributed by atoms with Crippen LogP contribution in [0.25, 0.3) is 0 Å². The molecule has 2 aromatic rings. The molecule has 0 heterocycles. The van der Waals surface area contributed by atoms with Crippen molar-refractivity contribution >= 4 is 29.5 Å². The number of primary amides is 1. The summed E-state index contributed by atoms with van der Waals surface area (Å²) in [6.07, 6.45) is 0.933. The van der Waals surface area contributed by atoms with Gasteiger partial charge in [-0.25, -0.2) is 4.39 Å². The number of halogens is 1. The third kappa shape index (κ3) is 13.4. The van der Waals surface area contributed by atoms with Crippen molar-refractivity contribution in [1.29, 1.82) is 0 Å². The molecule has 12 heteroatoms. The highest BCUT2D eigenvalue weighted by molar-refractivity contribution is 5.96. The van der Waals surface area contributed by atoms with Gasteiger partial charge in [-0.2, -0.15) is 0 Å². The summed E-state index contributed by atoms with van der Waals surface area (Å²) in [5, 5.41) is 14.0. The molecule has 5 atom stereocenters. The van der Waals surface area contributed by atoms with Crippen molar-refractivity contribution < 1.29 is 28.4 Å². The minimum atomic E-state index is -1.20. The maximum atomic E-state index is 14.0. The number of carbonyl (C=O) groups is 5. The maximum absolute atomic E-state index is 14.0. The van der Waals surface area contributed by atoms with Crippen LogP contribution in [0.15, 0.2) is 54.6 Å². The van der Waals surface area contributed by atoms with Gasteiger partial charge in [-0.3, -0.25) is 24.0 Å². The largest absolute Gasteiger partial charge is 0.368 e. The number of nitrogens with two attached hydrogens (primary N) is 1. The molecule has 264 valence electrons. The molecule has 0 aliphatic heterocycles. The Hall–Kier alpha value is -4.32. The molecule has 0 spiro atoms. The molecule has 48 heavy (non-hydrogen) atoms. The topological polar surface area (TPSA) is 172 Å². The highest BCUT2D eigenvalue weighted by atomic mass is 19.1. The van der Waals surface area contributed by atoms with Gasteiger partial charge in [0.2, 0.25) is 29.5 Å². The first-order valence-corrected chi connectivity index (χ1v) is 16.6. The Bertz CT molecular complexity index is 1350. The van der Waals surface area contributed by atoms with E-state index < -0.39 is 59.7 Å². The molecular formula is C36H53FN6O5. The van der Waals surface area contributed by atoms with Crippen LogP contribution in [0.3, 0.4) is 0 Å². The monoisotopic (exact) mass is 668 g/mol. The lowest BCUT2D eigenvalue weighted by atomic mass is 9.98. The fraction of sp³-hybridized carbons (Fsp3) is 0.528. The van der Waals surface area contributed by atoms with E-state index in [1.165, 1.54) is 24.3 Å². The number of hydrogen-bond donors (Lipinski definition) is 6. The van der Waals surface area contributed by atoms with Gasteiger partial charge >= 0.3 is 0 Å². The van der Waals surface area contributed by atoms with Crippen LogP contribution in [0.5, 0.6) is 0 Å². The smallest absolute Gasteiger partial charge is 0.243 e. The molecule has 0 fully saturated rings. The minimum absolute atomic E-state index is 0.0277. The first kappa shape index (κ1) is 39.9. The standard InChI is InChI=1S/C36H53FN6O5/c1-21(2)17-27(32(38)44)40-34(46)29(19-24-11-9-8-10-12-24)41-35(47)30(20-25-13-15-26(37)16-14-25)42-36(48)31(23(5)6)43-33(45)28(39-7)18-22(3)4/h8-16,21-23,27-31,39H,17-20H2,1-7H3,(H2,38,44)(H,40,46)(H,41,47)(H,42,48)(H,43,45)/t27-,28-,29-,30-,31-/m0/s1. The molecule has 5 amide bonds. The summed E-state index contributed by atoms with van der Waals surface area (Å²) in [7, 11) is 1.68. The van der Waals surface area contributed by atoms with Crippen LogP contribution in [-0.2, 0) is 36.8 Å². The Labute approximate surface area is 283 Å². The Morgan fingerprint density at radius 3 is 1.50 bits per heavy atom. The Morgan fingerprint density at radius 2 is 1.04 bits per heavy atom. The van der Waals surface area contributed by atoms with E-state index in [4.69, 9.17) is 5.73 Å². The van der Waals surface area contributed by atoms with Gasteiger partial charge < -0.3 is 32.3 Å². The molecule has 0 bridgehead atoms. The van der Waals surface area contributed by atoms with E-state index in [1.54, 1.807) is 45.2 Å². The fourth-order valence-corrected chi connectivity index (χ4v) is 5.26. The lowest BCUT2D eigenvalue weighted by Crippen LogP contribution is -2.60. The van der Waals surface area contributed by atoms with Crippen molar-refractivity contribution in [2.45, 2.75) is 97.4 Å². The van der Waals surface area contributed by atoms with Crippen molar-refractivity contribution in [3.05, 3.63) is 71.5 Å². The lowest BCUT2D eigenvalue weighted by Gasteiger charge is -2.28. The summed E-state index contributed by atoms with van der Waals surface area (Å²) in [4.78, 5) is 66.6. The van der Waals surface area contributed by atoms with E-state index in [-0.39, 0.29) is 36.5 Å². The molecule has 0 unspecified atom stereocenters. The van der Waals surface area contributed by atoms with E-state index in [1.807, 2.05) is 33.8 Å². The maximum Gasteiger partial charge on any atom is 0.243 e.